The second-order valence-electron chi connectivity index (χ2n) is 5.96. The van der Waals surface area contributed by atoms with Crippen molar-refractivity contribution >= 4 is 11.6 Å². The molecule has 1 aromatic carbocycles. The molecule has 0 N–H and O–H groups in total. The molecule has 0 bridgehead atoms. The van der Waals surface area contributed by atoms with Crippen LogP contribution in [0, 0.1) is 0 Å². The van der Waals surface area contributed by atoms with Crippen molar-refractivity contribution in [2.24, 2.45) is 0 Å². The van der Waals surface area contributed by atoms with E-state index in [1.165, 1.54) is 24.9 Å². The summed E-state index contributed by atoms with van der Waals surface area (Å²) in [7, 11) is 0. The quantitative estimate of drug-likeness (QED) is 0.794. The molecule has 21 heavy (non-hydrogen) atoms. The Morgan fingerprint density at radius 3 is 2.52 bits per heavy atom. The summed E-state index contributed by atoms with van der Waals surface area (Å²) < 4.78 is 0. The summed E-state index contributed by atoms with van der Waals surface area (Å²) in [6, 6.07) is 8.43. The fourth-order valence-corrected chi connectivity index (χ4v) is 3.29. The van der Waals surface area contributed by atoms with Gasteiger partial charge in [0.1, 0.15) is 0 Å². The number of anilines is 1. The van der Waals surface area contributed by atoms with Gasteiger partial charge in [0.2, 0.25) is 0 Å². The van der Waals surface area contributed by atoms with E-state index in [9.17, 15) is 4.79 Å². The Kier molecular flexibility index (Phi) is 4.28. The third kappa shape index (κ3) is 2.97. The molecule has 1 fully saturated rings. The number of rotatable bonds is 3. The summed E-state index contributed by atoms with van der Waals surface area (Å²) in [5, 5.41) is 0. The van der Waals surface area contributed by atoms with Gasteiger partial charge >= 0.3 is 0 Å². The van der Waals surface area contributed by atoms with Crippen molar-refractivity contribution in [3.8, 4) is 0 Å². The average Bonchev–Trinajstić information content (AvgIpc) is 3.04. The minimum atomic E-state index is 0.150. The van der Waals surface area contributed by atoms with Crippen molar-refractivity contribution in [3.05, 3.63) is 42.0 Å². The van der Waals surface area contributed by atoms with Gasteiger partial charge in [-0.25, -0.2) is 0 Å². The highest BCUT2D eigenvalue weighted by Crippen LogP contribution is 2.22. The molecule has 2 heterocycles. The topological polar surface area (TPSA) is 23.6 Å². The molecule has 0 aromatic heterocycles. The van der Waals surface area contributed by atoms with Crippen LogP contribution in [0.25, 0.3) is 0 Å². The summed E-state index contributed by atoms with van der Waals surface area (Å²) in [5.74, 6) is 0.150. The van der Waals surface area contributed by atoms with Gasteiger partial charge in [-0.05, 0) is 49.9 Å². The number of hydrogen-bond acceptors (Lipinski definition) is 2. The molecule has 0 radical (unpaired) electrons. The number of carbonyl (C=O) groups is 1. The number of benzene rings is 1. The summed E-state index contributed by atoms with van der Waals surface area (Å²) in [6.45, 7) is 5.15. The summed E-state index contributed by atoms with van der Waals surface area (Å²) >= 11 is 0. The molecule has 1 saturated heterocycles. The van der Waals surface area contributed by atoms with E-state index in [4.69, 9.17) is 0 Å². The number of nitrogens with zero attached hydrogens (tertiary/aromatic N) is 2. The van der Waals surface area contributed by atoms with Gasteiger partial charge in [-0.15, -0.1) is 0 Å². The van der Waals surface area contributed by atoms with E-state index >= 15 is 0 Å². The lowest BCUT2D eigenvalue weighted by molar-refractivity contribution is 0.0747. The van der Waals surface area contributed by atoms with Crippen LogP contribution in [-0.4, -0.2) is 36.5 Å². The van der Waals surface area contributed by atoms with Crippen molar-refractivity contribution in [1.29, 1.82) is 0 Å². The molecule has 112 valence electrons. The molecular formula is C18H24N2O. The van der Waals surface area contributed by atoms with Crippen LogP contribution >= 0.6 is 0 Å². The Morgan fingerprint density at radius 1 is 1.14 bits per heavy atom. The fraction of sp³-hybridized carbons (Fsp3) is 0.500. The lowest BCUT2D eigenvalue weighted by Gasteiger charge is -2.29. The first-order valence-corrected chi connectivity index (χ1v) is 8.12. The molecule has 1 aromatic rings. The van der Waals surface area contributed by atoms with E-state index in [1.807, 2.05) is 17.0 Å². The minimum absolute atomic E-state index is 0.150. The van der Waals surface area contributed by atoms with Gasteiger partial charge in [0, 0.05) is 30.9 Å². The maximum Gasteiger partial charge on any atom is 0.254 e. The predicted octanol–water partition coefficient (Wildman–Crippen LogP) is 3.47. The van der Waals surface area contributed by atoms with Gasteiger partial charge in [0.05, 0.1) is 6.04 Å². The normalized spacial score (nSPS) is 21.9. The van der Waals surface area contributed by atoms with Gasteiger partial charge in [-0.1, -0.05) is 19.1 Å². The first-order valence-electron chi connectivity index (χ1n) is 8.12. The third-order valence-corrected chi connectivity index (χ3v) is 4.58. The molecule has 0 spiro atoms. The van der Waals surface area contributed by atoms with Crippen LogP contribution in [0.3, 0.4) is 0 Å². The third-order valence-electron chi connectivity index (χ3n) is 4.58. The number of amides is 1. The number of carbonyl (C=O) groups excluding carboxylic acids is 1. The zero-order valence-corrected chi connectivity index (χ0v) is 12.8. The molecule has 1 atom stereocenters. The predicted molar refractivity (Wildman–Crippen MR) is 86.8 cm³/mol. The number of hydrogen-bond donors (Lipinski definition) is 0. The van der Waals surface area contributed by atoms with Gasteiger partial charge < -0.3 is 9.80 Å². The average molecular weight is 284 g/mol. The Bertz CT molecular complexity index is 515. The maximum absolute atomic E-state index is 12.6. The van der Waals surface area contributed by atoms with E-state index < -0.39 is 0 Å². The standard InChI is InChI=1S/C18H24N2O/c1-2-16-7-6-14-20(16)18(21)15-8-10-17(11-9-15)19-12-4-3-5-13-19/h6-11,16H,2-5,12-14H2,1H3/t16-/m0/s1. The van der Waals surface area contributed by atoms with Crippen LogP contribution in [0.15, 0.2) is 36.4 Å². The highest BCUT2D eigenvalue weighted by atomic mass is 16.2. The molecule has 3 rings (SSSR count). The van der Waals surface area contributed by atoms with E-state index in [-0.39, 0.29) is 11.9 Å². The molecule has 3 heteroatoms. The van der Waals surface area contributed by atoms with Gasteiger partial charge in [-0.2, -0.15) is 0 Å². The lowest BCUT2D eigenvalue weighted by Crippen LogP contribution is -2.35. The lowest BCUT2D eigenvalue weighted by atomic mass is 10.1. The van der Waals surface area contributed by atoms with Crippen LogP contribution < -0.4 is 4.90 Å². The van der Waals surface area contributed by atoms with Gasteiger partial charge in [0.15, 0.2) is 0 Å². The Labute approximate surface area is 127 Å². The Morgan fingerprint density at radius 2 is 1.86 bits per heavy atom. The molecule has 0 aliphatic carbocycles. The van der Waals surface area contributed by atoms with Crippen molar-refractivity contribution in [2.75, 3.05) is 24.5 Å². The van der Waals surface area contributed by atoms with Crippen molar-refractivity contribution in [1.82, 2.24) is 4.90 Å². The zero-order chi connectivity index (χ0) is 14.7. The number of piperidine rings is 1. The van der Waals surface area contributed by atoms with Crippen LogP contribution in [-0.2, 0) is 0 Å². The Balaban J connectivity index is 1.70. The maximum atomic E-state index is 12.6. The van der Waals surface area contributed by atoms with Gasteiger partial charge in [-0.3, -0.25) is 4.79 Å². The van der Waals surface area contributed by atoms with Crippen molar-refractivity contribution < 1.29 is 4.79 Å². The molecule has 0 saturated carbocycles. The van der Waals surface area contributed by atoms with Gasteiger partial charge in [0.25, 0.3) is 5.91 Å². The molecule has 3 nitrogen and oxygen atoms in total. The highest BCUT2D eigenvalue weighted by Gasteiger charge is 2.24. The van der Waals surface area contributed by atoms with E-state index in [0.29, 0.717) is 0 Å². The summed E-state index contributed by atoms with van der Waals surface area (Å²) in [5.41, 5.74) is 2.05. The first kappa shape index (κ1) is 14.2. The van der Waals surface area contributed by atoms with Crippen LogP contribution in [0.2, 0.25) is 0 Å². The summed E-state index contributed by atoms with van der Waals surface area (Å²) in [4.78, 5) is 17.0. The monoisotopic (exact) mass is 284 g/mol. The first-order chi connectivity index (χ1) is 10.3. The SMILES string of the molecule is CC[C@H]1C=CCN1C(=O)c1ccc(N2CCCCC2)cc1. The van der Waals surface area contributed by atoms with E-state index in [2.05, 4.69) is 36.1 Å². The Hall–Kier alpha value is -1.77. The van der Waals surface area contributed by atoms with Crippen molar-refractivity contribution in [3.63, 3.8) is 0 Å². The second kappa shape index (κ2) is 6.33. The van der Waals surface area contributed by atoms with Crippen molar-refractivity contribution in [2.45, 2.75) is 38.6 Å². The van der Waals surface area contributed by atoms with Crippen LogP contribution in [0.4, 0.5) is 5.69 Å². The largest absolute Gasteiger partial charge is 0.372 e. The molecule has 2 aliphatic heterocycles. The van der Waals surface area contributed by atoms with Crippen LogP contribution in [0.1, 0.15) is 43.0 Å². The molecule has 1 amide bonds. The smallest absolute Gasteiger partial charge is 0.254 e. The minimum Gasteiger partial charge on any atom is -0.372 e. The fourth-order valence-electron chi connectivity index (χ4n) is 3.29. The zero-order valence-electron chi connectivity index (χ0n) is 12.8. The van der Waals surface area contributed by atoms with E-state index in [1.54, 1.807) is 0 Å². The molecule has 0 unspecified atom stereocenters. The molecular weight excluding hydrogens is 260 g/mol. The molecule has 2 aliphatic rings. The van der Waals surface area contributed by atoms with E-state index in [0.717, 1.165) is 31.6 Å². The van der Waals surface area contributed by atoms with Crippen LogP contribution in [0.5, 0.6) is 0 Å². The summed E-state index contributed by atoms with van der Waals surface area (Å²) in [6.07, 6.45) is 9.10. The highest BCUT2D eigenvalue weighted by molar-refractivity contribution is 5.95. The second-order valence-corrected chi connectivity index (χ2v) is 5.96.